The van der Waals surface area contributed by atoms with Gasteiger partial charge in [-0.3, -0.25) is 5.32 Å². The fourth-order valence-corrected chi connectivity index (χ4v) is 3.02. The summed E-state index contributed by atoms with van der Waals surface area (Å²) in [6, 6.07) is 22.5. The average molecular weight is 296 g/mol. The van der Waals surface area contributed by atoms with Gasteiger partial charge < -0.3 is 4.74 Å². The van der Waals surface area contributed by atoms with E-state index in [1.165, 1.54) is 5.56 Å². The Bertz CT molecular complexity index is 612. The van der Waals surface area contributed by atoms with Crippen LogP contribution >= 0.6 is 11.8 Å². The molecule has 1 saturated heterocycles. The zero-order chi connectivity index (χ0) is 14.5. The predicted octanol–water partition coefficient (Wildman–Crippen LogP) is 3.46. The van der Waals surface area contributed by atoms with Gasteiger partial charge in [-0.2, -0.15) is 5.26 Å². The van der Waals surface area contributed by atoms with Crippen LogP contribution in [0.1, 0.15) is 17.2 Å². The number of ether oxygens (including phenoxy) is 1. The molecule has 1 aliphatic heterocycles. The molecule has 2 aromatic rings. The van der Waals surface area contributed by atoms with Gasteiger partial charge in [0.1, 0.15) is 17.7 Å². The average Bonchev–Trinajstić information content (AvgIpc) is 3.32. The van der Waals surface area contributed by atoms with E-state index in [0.717, 1.165) is 11.3 Å². The quantitative estimate of drug-likeness (QED) is 0.655. The van der Waals surface area contributed by atoms with Crippen molar-refractivity contribution in [2.24, 2.45) is 0 Å². The number of thioether (sulfide) groups is 1. The van der Waals surface area contributed by atoms with Crippen LogP contribution in [0.5, 0.6) is 0 Å². The molecule has 0 amide bonds. The van der Waals surface area contributed by atoms with Crippen molar-refractivity contribution in [2.75, 3.05) is 0 Å². The first kappa shape index (κ1) is 14.2. The third kappa shape index (κ3) is 3.85. The Morgan fingerprint density at radius 1 is 1.10 bits per heavy atom. The molecule has 3 unspecified atom stereocenters. The van der Waals surface area contributed by atoms with Gasteiger partial charge in [0, 0.05) is 5.75 Å². The van der Waals surface area contributed by atoms with Crippen molar-refractivity contribution < 1.29 is 4.74 Å². The zero-order valence-corrected chi connectivity index (χ0v) is 12.3. The fraction of sp³-hybridized carbons (Fsp3) is 0.235. The van der Waals surface area contributed by atoms with Crippen molar-refractivity contribution in [3.63, 3.8) is 0 Å². The lowest BCUT2D eigenvalue weighted by atomic mass is 10.1. The number of hydrogen-bond donors (Lipinski definition) is 1. The van der Waals surface area contributed by atoms with E-state index in [1.807, 2.05) is 48.5 Å². The molecule has 0 spiro atoms. The molecule has 106 valence electrons. The number of nitrogens with zero attached hydrogens (tertiary/aromatic N) is 1. The lowest BCUT2D eigenvalue weighted by Crippen LogP contribution is -2.28. The lowest BCUT2D eigenvalue weighted by molar-refractivity contribution is 0.349. The van der Waals surface area contributed by atoms with Crippen LogP contribution < -0.4 is 5.32 Å². The van der Waals surface area contributed by atoms with Gasteiger partial charge in [0.15, 0.2) is 0 Å². The minimum Gasteiger partial charge on any atom is -0.348 e. The SMILES string of the molecule is N#CC(NC1OC1c1ccccc1)SCc1ccccc1. The van der Waals surface area contributed by atoms with Crippen LogP contribution in [0.15, 0.2) is 60.7 Å². The monoisotopic (exact) mass is 296 g/mol. The molecule has 3 nitrogen and oxygen atoms in total. The van der Waals surface area contributed by atoms with E-state index in [2.05, 4.69) is 23.5 Å². The van der Waals surface area contributed by atoms with Crippen molar-refractivity contribution in [3.05, 3.63) is 71.8 Å². The van der Waals surface area contributed by atoms with E-state index in [1.54, 1.807) is 11.8 Å². The molecule has 1 aliphatic rings. The van der Waals surface area contributed by atoms with Gasteiger partial charge in [-0.05, 0) is 11.1 Å². The third-order valence-corrected chi connectivity index (χ3v) is 4.39. The highest BCUT2D eigenvalue weighted by Gasteiger charge is 2.41. The summed E-state index contributed by atoms with van der Waals surface area (Å²) in [5, 5.41) is 12.2. The summed E-state index contributed by atoms with van der Waals surface area (Å²) >= 11 is 1.59. The molecule has 1 heterocycles. The number of hydrogen-bond acceptors (Lipinski definition) is 4. The highest BCUT2D eigenvalue weighted by atomic mass is 32.2. The maximum absolute atomic E-state index is 9.25. The standard InChI is InChI=1S/C17H16N2OS/c18-11-15(21-12-13-7-3-1-4-8-13)19-17-16(20-17)14-9-5-2-6-10-14/h1-10,15-17,19H,12H2. The van der Waals surface area contributed by atoms with E-state index in [0.29, 0.717) is 0 Å². The molecule has 0 radical (unpaired) electrons. The van der Waals surface area contributed by atoms with Gasteiger partial charge in [0.2, 0.25) is 0 Å². The molecule has 4 heteroatoms. The maximum atomic E-state index is 9.25. The summed E-state index contributed by atoms with van der Waals surface area (Å²) in [4.78, 5) is 0. The summed E-state index contributed by atoms with van der Waals surface area (Å²) in [5.74, 6) is 0.814. The fourth-order valence-electron chi connectivity index (χ4n) is 2.16. The van der Waals surface area contributed by atoms with Gasteiger partial charge in [-0.1, -0.05) is 60.7 Å². The van der Waals surface area contributed by atoms with Crippen LogP contribution in [-0.2, 0) is 10.5 Å². The topological polar surface area (TPSA) is 48.4 Å². The van der Waals surface area contributed by atoms with Crippen LogP contribution in [0.2, 0.25) is 0 Å². The first-order chi connectivity index (χ1) is 10.4. The number of nitriles is 1. The van der Waals surface area contributed by atoms with Crippen LogP contribution in [0.25, 0.3) is 0 Å². The molecule has 1 N–H and O–H groups in total. The summed E-state index contributed by atoms with van der Waals surface area (Å²) in [7, 11) is 0. The van der Waals surface area contributed by atoms with Crippen molar-refractivity contribution in [1.82, 2.24) is 5.32 Å². The largest absolute Gasteiger partial charge is 0.348 e. The Hall–Kier alpha value is -1.80. The second-order valence-electron chi connectivity index (χ2n) is 4.86. The van der Waals surface area contributed by atoms with E-state index >= 15 is 0 Å². The third-order valence-electron chi connectivity index (χ3n) is 3.31. The highest BCUT2D eigenvalue weighted by molar-refractivity contribution is 7.99. The molecule has 0 aliphatic carbocycles. The van der Waals surface area contributed by atoms with Gasteiger partial charge >= 0.3 is 0 Å². The Balaban J connectivity index is 1.49. The lowest BCUT2D eigenvalue weighted by Gasteiger charge is -2.09. The number of nitrogens with one attached hydrogen (secondary N) is 1. The molecule has 0 bridgehead atoms. The van der Waals surface area contributed by atoms with Crippen LogP contribution in [0.4, 0.5) is 0 Å². The first-order valence-electron chi connectivity index (χ1n) is 6.88. The number of epoxide rings is 1. The van der Waals surface area contributed by atoms with Crippen LogP contribution in [0.3, 0.4) is 0 Å². The molecule has 2 aromatic carbocycles. The van der Waals surface area contributed by atoms with Gasteiger partial charge in [0.05, 0.1) is 6.07 Å². The minimum atomic E-state index is -0.260. The number of rotatable bonds is 6. The van der Waals surface area contributed by atoms with E-state index in [-0.39, 0.29) is 17.7 Å². The van der Waals surface area contributed by atoms with Crippen molar-refractivity contribution in [2.45, 2.75) is 23.5 Å². The molecular formula is C17H16N2OS. The van der Waals surface area contributed by atoms with Crippen molar-refractivity contribution in [1.29, 1.82) is 5.26 Å². The Labute approximate surface area is 128 Å². The zero-order valence-electron chi connectivity index (χ0n) is 11.5. The van der Waals surface area contributed by atoms with Crippen molar-refractivity contribution >= 4 is 11.8 Å². The maximum Gasteiger partial charge on any atom is 0.144 e. The highest BCUT2D eigenvalue weighted by Crippen LogP contribution is 2.37. The second-order valence-corrected chi connectivity index (χ2v) is 5.95. The molecule has 21 heavy (non-hydrogen) atoms. The van der Waals surface area contributed by atoms with Gasteiger partial charge in [0.25, 0.3) is 0 Å². The predicted molar refractivity (Wildman–Crippen MR) is 84.3 cm³/mol. The summed E-state index contributed by atoms with van der Waals surface area (Å²) in [6.45, 7) is 0. The van der Waals surface area contributed by atoms with Gasteiger partial charge in [-0.15, -0.1) is 11.8 Å². The molecular weight excluding hydrogens is 280 g/mol. The van der Waals surface area contributed by atoms with E-state index in [9.17, 15) is 5.26 Å². The summed E-state index contributed by atoms with van der Waals surface area (Å²) in [6.07, 6.45) is 0.0136. The van der Waals surface area contributed by atoms with Crippen LogP contribution in [0, 0.1) is 11.3 Å². The van der Waals surface area contributed by atoms with Crippen molar-refractivity contribution in [3.8, 4) is 6.07 Å². The van der Waals surface area contributed by atoms with E-state index < -0.39 is 0 Å². The van der Waals surface area contributed by atoms with E-state index in [4.69, 9.17) is 4.74 Å². The Morgan fingerprint density at radius 3 is 2.43 bits per heavy atom. The molecule has 0 aromatic heterocycles. The molecule has 0 saturated carbocycles. The second kappa shape index (κ2) is 6.77. The number of benzene rings is 2. The molecule has 3 atom stereocenters. The van der Waals surface area contributed by atoms with Gasteiger partial charge in [-0.25, -0.2) is 0 Å². The molecule has 1 fully saturated rings. The molecule has 3 rings (SSSR count). The Kier molecular flexibility index (Phi) is 4.56. The summed E-state index contributed by atoms with van der Waals surface area (Å²) in [5.41, 5.74) is 2.38. The van der Waals surface area contributed by atoms with Crippen LogP contribution in [-0.4, -0.2) is 11.6 Å². The smallest absolute Gasteiger partial charge is 0.144 e. The summed E-state index contributed by atoms with van der Waals surface area (Å²) < 4.78 is 5.61. The minimum absolute atomic E-state index is 0.0553. The normalized spacial score (nSPS) is 21.5. The first-order valence-corrected chi connectivity index (χ1v) is 7.93. The Morgan fingerprint density at radius 2 is 1.76 bits per heavy atom.